The number of carbonyl (C=O) groups excluding carboxylic acids is 2. The summed E-state index contributed by atoms with van der Waals surface area (Å²) in [5.41, 5.74) is 1.22. The van der Waals surface area contributed by atoms with Gasteiger partial charge >= 0.3 is 6.09 Å². The molecule has 1 aromatic carbocycles. The Morgan fingerprint density at radius 3 is 2.65 bits per heavy atom. The zero-order chi connectivity index (χ0) is 16.5. The second-order valence-electron chi connectivity index (χ2n) is 5.31. The normalized spacial score (nSPS) is 16.7. The molecular weight excluding hydrogens is 296 g/mol. The second kappa shape index (κ2) is 8.95. The van der Waals surface area contributed by atoms with Crippen LogP contribution in [-0.2, 0) is 14.3 Å². The highest BCUT2D eigenvalue weighted by atomic mass is 16.6. The van der Waals surface area contributed by atoms with Gasteiger partial charge in [-0.15, -0.1) is 0 Å². The summed E-state index contributed by atoms with van der Waals surface area (Å²) in [5.74, 6) is 0.0183. The van der Waals surface area contributed by atoms with Crippen molar-refractivity contribution < 1.29 is 19.1 Å². The van der Waals surface area contributed by atoms with E-state index in [1.165, 1.54) is 7.11 Å². The third kappa shape index (κ3) is 5.75. The third-order valence-electron chi connectivity index (χ3n) is 3.54. The van der Waals surface area contributed by atoms with Gasteiger partial charge in [0.2, 0.25) is 5.91 Å². The minimum atomic E-state index is -0.553. The van der Waals surface area contributed by atoms with E-state index < -0.39 is 6.09 Å². The number of benzene rings is 1. The van der Waals surface area contributed by atoms with Crippen molar-refractivity contribution in [3.63, 3.8) is 0 Å². The lowest BCUT2D eigenvalue weighted by molar-refractivity contribution is -0.120. The van der Waals surface area contributed by atoms with Gasteiger partial charge in [0, 0.05) is 24.4 Å². The molecule has 0 aliphatic heterocycles. The Hall–Kier alpha value is -2.34. The Kier molecular flexibility index (Phi) is 6.62. The van der Waals surface area contributed by atoms with Crippen LogP contribution in [0.1, 0.15) is 19.3 Å². The maximum absolute atomic E-state index is 12.2. The number of anilines is 2. The molecule has 0 bridgehead atoms. The minimum Gasteiger partial charge on any atom is -0.447 e. The highest BCUT2D eigenvalue weighted by Crippen LogP contribution is 2.21. The Morgan fingerprint density at radius 2 is 1.96 bits per heavy atom. The Morgan fingerprint density at radius 1 is 1.17 bits per heavy atom. The maximum Gasteiger partial charge on any atom is 0.411 e. The number of nitrogens with one attached hydrogen (secondary N) is 2. The molecule has 2 N–H and O–H groups in total. The van der Waals surface area contributed by atoms with Crippen LogP contribution in [0.25, 0.3) is 0 Å². The molecule has 0 saturated carbocycles. The van der Waals surface area contributed by atoms with Crippen LogP contribution >= 0.6 is 0 Å². The first-order chi connectivity index (χ1) is 11.2. The fourth-order valence-corrected chi connectivity index (χ4v) is 2.32. The summed E-state index contributed by atoms with van der Waals surface area (Å²) in [4.78, 5) is 23.8. The van der Waals surface area contributed by atoms with Crippen LogP contribution in [-0.4, -0.2) is 32.3 Å². The van der Waals surface area contributed by atoms with Crippen molar-refractivity contribution in [1.29, 1.82) is 0 Å². The molecule has 0 spiro atoms. The molecule has 2 amide bonds. The molecule has 6 nitrogen and oxygen atoms in total. The predicted molar refractivity (Wildman–Crippen MR) is 88.4 cm³/mol. The van der Waals surface area contributed by atoms with Gasteiger partial charge in [0.15, 0.2) is 0 Å². The quantitative estimate of drug-likeness (QED) is 0.624. The second-order valence-corrected chi connectivity index (χ2v) is 5.31. The molecule has 0 radical (unpaired) electrons. The van der Waals surface area contributed by atoms with Crippen molar-refractivity contribution in [2.45, 2.75) is 19.3 Å². The van der Waals surface area contributed by atoms with Crippen LogP contribution in [0, 0.1) is 5.92 Å². The van der Waals surface area contributed by atoms with E-state index in [1.54, 1.807) is 24.3 Å². The lowest BCUT2D eigenvalue weighted by Crippen LogP contribution is -2.23. The number of methoxy groups -OCH3 is 1. The number of allylic oxidation sites excluding steroid dienone is 2. The molecule has 23 heavy (non-hydrogen) atoms. The third-order valence-corrected chi connectivity index (χ3v) is 3.54. The van der Waals surface area contributed by atoms with Gasteiger partial charge in [-0.25, -0.2) is 4.79 Å². The van der Waals surface area contributed by atoms with E-state index in [0.29, 0.717) is 18.0 Å². The summed E-state index contributed by atoms with van der Waals surface area (Å²) in [6.07, 6.45) is 6.17. The number of hydrogen-bond acceptors (Lipinski definition) is 4. The van der Waals surface area contributed by atoms with Gasteiger partial charge in [0.25, 0.3) is 0 Å². The van der Waals surface area contributed by atoms with Crippen molar-refractivity contribution >= 4 is 23.4 Å². The number of carbonyl (C=O) groups is 2. The highest BCUT2D eigenvalue weighted by molar-refractivity contribution is 5.94. The van der Waals surface area contributed by atoms with Gasteiger partial charge in [-0.1, -0.05) is 18.2 Å². The number of hydrogen-bond donors (Lipinski definition) is 2. The summed E-state index contributed by atoms with van der Waals surface area (Å²) in [6.45, 7) is 0.535. The van der Waals surface area contributed by atoms with Crippen LogP contribution in [0.5, 0.6) is 0 Å². The van der Waals surface area contributed by atoms with Crippen LogP contribution in [0.4, 0.5) is 16.2 Å². The van der Waals surface area contributed by atoms with Gasteiger partial charge in [-0.05, 0) is 37.5 Å². The first-order valence-corrected chi connectivity index (χ1v) is 7.67. The zero-order valence-corrected chi connectivity index (χ0v) is 13.2. The summed E-state index contributed by atoms with van der Waals surface area (Å²) in [6, 6.07) is 6.99. The van der Waals surface area contributed by atoms with Crippen molar-refractivity contribution in [2.24, 2.45) is 5.92 Å². The summed E-state index contributed by atoms with van der Waals surface area (Å²) in [5, 5.41) is 5.51. The molecule has 2 rings (SSSR count). The standard InChI is InChI=1S/C17H22N2O4/c1-22-10-11-23-17(21)19-15-9-5-8-14(12-15)18-16(20)13-6-3-2-4-7-13/h2-3,5,8-9,12-13H,4,6-7,10-11H2,1H3,(H,18,20)(H,19,21). The van der Waals surface area contributed by atoms with Gasteiger partial charge in [-0.2, -0.15) is 0 Å². The first kappa shape index (κ1) is 17.0. The van der Waals surface area contributed by atoms with E-state index in [1.807, 2.05) is 6.08 Å². The monoisotopic (exact) mass is 318 g/mol. The van der Waals surface area contributed by atoms with E-state index in [9.17, 15) is 9.59 Å². The maximum atomic E-state index is 12.2. The van der Waals surface area contributed by atoms with Gasteiger partial charge < -0.3 is 14.8 Å². The lowest BCUT2D eigenvalue weighted by atomic mass is 9.93. The van der Waals surface area contributed by atoms with E-state index >= 15 is 0 Å². The first-order valence-electron chi connectivity index (χ1n) is 7.67. The van der Waals surface area contributed by atoms with Crippen LogP contribution in [0.15, 0.2) is 36.4 Å². The van der Waals surface area contributed by atoms with Gasteiger partial charge in [0.1, 0.15) is 6.61 Å². The minimum absolute atomic E-state index is 0.00849. The molecule has 1 aliphatic rings. The SMILES string of the molecule is COCCOC(=O)Nc1cccc(NC(=O)C2CC=CCC2)c1. The van der Waals surface area contributed by atoms with E-state index in [-0.39, 0.29) is 18.4 Å². The fourth-order valence-electron chi connectivity index (χ4n) is 2.32. The molecule has 6 heteroatoms. The average Bonchev–Trinajstić information content (AvgIpc) is 2.56. The molecule has 0 saturated heterocycles. The molecule has 124 valence electrons. The Labute approximate surface area is 135 Å². The largest absolute Gasteiger partial charge is 0.447 e. The van der Waals surface area contributed by atoms with Crippen molar-refractivity contribution in [3.8, 4) is 0 Å². The van der Waals surface area contributed by atoms with Crippen LogP contribution in [0.3, 0.4) is 0 Å². The molecular formula is C17H22N2O4. The number of ether oxygens (including phenoxy) is 2. The topological polar surface area (TPSA) is 76.7 Å². The Balaban J connectivity index is 1.87. The Bertz CT molecular complexity index is 571. The van der Waals surface area contributed by atoms with Gasteiger partial charge in [-0.3, -0.25) is 10.1 Å². The smallest absolute Gasteiger partial charge is 0.411 e. The molecule has 0 heterocycles. The predicted octanol–water partition coefficient (Wildman–Crippen LogP) is 3.18. The fraction of sp³-hybridized carbons (Fsp3) is 0.412. The average molecular weight is 318 g/mol. The van der Waals surface area contributed by atoms with E-state index in [4.69, 9.17) is 9.47 Å². The van der Waals surface area contributed by atoms with E-state index in [0.717, 1.165) is 19.3 Å². The van der Waals surface area contributed by atoms with Crippen molar-refractivity contribution in [3.05, 3.63) is 36.4 Å². The van der Waals surface area contributed by atoms with Crippen molar-refractivity contribution in [2.75, 3.05) is 31.0 Å². The molecule has 0 aromatic heterocycles. The lowest BCUT2D eigenvalue weighted by Gasteiger charge is -2.17. The van der Waals surface area contributed by atoms with E-state index in [2.05, 4.69) is 16.7 Å². The van der Waals surface area contributed by atoms with Crippen molar-refractivity contribution in [1.82, 2.24) is 0 Å². The molecule has 1 atom stereocenters. The van der Waals surface area contributed by atoms with Crippen LogP contribution in [0.2, 0.25) is 0 Å². The van der Waals surface area contributed by atoms with Gasteiger partial charge in [0.05, 0.1) is 6.61 Å². The molecule has 1 unspecified atom stereocenters. The summed E-state index contributed by atoms with van der Waals surface area (Å²) < 4.78 is 9.74. The summed E-state index contributed by atoms with van der Waals surface area (Å²) >= 11 is 0. The summed E-state index contributed by atoms with van der Waals surface area (Å²) in [7, 11) is 1.54. The number of rotatable bonds is 6. The number of amides is 2. The zero-order valence-electron chi connectivity index (χ0n) is 13.2. The molecule has 1 aromatic rings. The van der Waals surface area contributed by atoms with Crippen LogP contribution < -0.4 is 10.6 Å². The molecule has 0 fully saturated rings. The highest BCUT2D eigenvalue weighted by Gasteiger charge is 2.18. The molecule has 1 aliphatic carbocycles.